The van der Waals surface area contributed by atoms with E-state index in [1.165, 1.54) is 0 Å². The second-order valence-electron chi connectivity index (χ2n) is 19.6. The number of hydrogen-bond acceptors (Lipinski definition) is 3. The van der Waals surface area contributed by atoms with E-state index < -0.39 is 24.5 Å². The van der Waals surface area contributed by atoms with Crippen LogP contribution in [0.1, 0.15) is 122 Å². The number of aryl methyl sites for hydroxylation is 2. The number of pyridine rings is 1. The molecule has 2 aromatic heterocycles. The summed E-state index contributed by atoms with van der Waals surface area (Å²) < 4.78 is 55.6. The number of para-hydroxylation sites is 1. The summed E-state index contributed by atoms with van der Waals surface area (Å²) in [6.07, 6.45) is 1.83. The topological polar surface area (TPSA) is 50.9 Å². The molecule has 0 atom stereocenters. The van der Waals surface area contributed by atoms with Crippen molar-refractivity contribution in [2.45, 2.75) is 99.2 Å². The molecule has 0 aliphatic heterocycles. The Morgan fingerprint density at radius 2 is 1.16 bits per heavy atom. The Hall–Kier alpha value is -7.04. The minimum absolute atomic E-state index is 0.0517. The summed E-state index contributed by atoms with van der Waals surface area (Å²) in [5.41, 5.74) is 14.6. The van der Waals surface area contributed by atoms with Crippen LogP contribution in [0.5, 0.6) is 5.75 Å². The first-order valence-electron chi connectivity index (χ1n) is 26.1. The molecule has 0 saturated heterocycles. The van der Waals surface area contributed by atoms with Gasteiger partial charge in [0, 0.05) is 25.5 Å². The second-order valence-corrected chi connectivity index (χ2v) is 19.6. The number of phenols is 1. The first-order chi connectivity index (χ1) is 34.1. The Bertz CT molecular complexity index is 3510. The number of aromatic nitrogens is 3. The fourth-order valence-corrected chi connectivity index (χ4v) is 8.91. The lowest BCUT2D eigenvalue weighted by atomic mass is 9.84. The molecule has 4 nitrogen and oxygen atoms in total. The van der Waals surface area contributed by atoms with Gasteiger partial charge in [0.1, 0.15) is 11.6 Å². The molecule has 9 rings (SSSR count). The number of rotatable bonds is 10. The lowest BCUT2D eigenvalue weighted by Crippen LogP contribution is -2.12. The van der Waals surface area contributed by atoms with E-state index in [1.807, 2.05) is 156 Å². The van der Waals surface area contributed by atoms with Gasteiger partial charge in [-0.25, -0.2) is 4.98 Å². The smallest absolute Gasteiger partial charge is 0.149 e. The molecule has 0 unspecified atom stereocenters. The summed E-state index contributed by atoms with van der Waals surface area (Å²) in [6, 6.07) is 49.9. The zero-order valence-corrected chi connectivity index (χ0v) is 40.3. The lowest BCUT2D eigenvalue weighted by Gasteiger charge is -2.22. The predicted molar refractivity (Wildman–Crippen MR) is 284 cm³/mol. The van der Waals surface area contributed by atoms with Gasteiger partial charge in [0.2, 0.25) is 0 Å². The highest BCUT2D eigenvalue weighted by Gasteiger charge is 2.25. The fourth-order valence-electron chi connectivity index (χ4n) is 8.91. The average molecular weight is 884 g/mol. The minimum Gasteiger partial charge on any atom is -0.507 e. The molecule has 0 bridgehead atoms. The Morgan fingerprint density at radius 1 is 0.537 bits per heavy atom. The molecule has 336 valence electrons. The van der Waals surface area contributed by atoms with Gasteiger partial charge in [0.25, 0.3) is 0 Å². The van der Waals surface area contributed by atoms with E-state index >= 15 is 0 Å². The van der Waals surface area contributed by atoms with E-state index in [0.29, 0.717) is 39.2 Å². The van der Waals surface area contributed by atoms with Gasteiger partial charge in [0.15, 0.2) is 0 Å². The number of benzene rings is 7. The monoisotopic (exact) mass is 884 g/mol. The Balaban J connectivity index is 1.31. The van der Waals surface area contributed by atoms with Crippen LogP contribution in [-0.4, -0.2) is 19.6 Å². The first kappa shape index (κ1) is 38.1. The van der Waals surface area contributed by atoms with Crippen molar-refractivity contribution in [2.24, 2.45) is 0 Å². The highest BCUT2D eigenvalue weighted by molar-refractivity contribution is 5.98. The van der Waals surface area contributed by atoms with Gasteiger partial charge in [0.05, 0.1) is 28.0 Å². The minimum atomic E-state index is -2.60. The Kier molecular flexibility index (Phi) is 10.2. The molecule has 0 aliphatic carbocycles. The van der Waals surface area contributed by atoms with Crippen molar-refractivity contribution in [1.29, 1.82) is 0 Å². The molecule has 9 aromatic rings. The molecule has 0 saturated carbocycles. The van der Waals surface area contributed by atoms with Crippen molar-refractivity contribution in [3.8, 4) is 78.6 Å². The molecule has 4 heteroatoms. The SMILES string of the molecule is [2H]C([2H])([2H])c1cc(-c2cc(C([2H])(C)C)cc(C([2H])(C)C)c2)ccc1-n1c(-c2cc(C(C)(C)C)cc(C)c2O)nc2c(-c3cc(-c4ccccc4)cc(-c4cc(-c5ccc(C([2H])(C)C)cc5)ccn4)c3)cccc21. The van der Waals surface area contributed by atoms with E-state index in [0.717, 1.165) is 72.5 Å². The van der Waals surface area contributed by atoms with Crippen LogP contribution in [0.15, 0.2) is 158 Å². The van der Waals surface area contributed by atoms with E-state index in [1.54, 1.807) is 6.07 Å². The van der Waals surface area contributed by atoms with Crippen LogP contribution in [-0.2, 0) is 5.41 Å². The Labute approximate surface area is 406 Å². The lowest BCUT2D eigenvalue weighted by molar-refractivity contribution is 0.471. The van der Waals surface area contributed by atoms with Crippen LogP contribution in [0.2, 0.25) is 0 Å². The molecule has 1 N–H and O–H groups in total. The third-order valence-electron chi connectivity index (χ3n) is 13.0. The largest absolute Gasteiger partial charge is 0.507 e. The molecular weight excluding hydrogens is 815 g/mol. The number of imidazole rings is 1. The maximum Gasteiger partial charge on any atom is 0.149 e. The number of aromatic hydroxyl groups is 1. The molecule has 67 heavy (non-hydrogen) atoms. The van der Waals surface area contributed by atoms with Crippen molar-refractivity contribution in [3.05, 3.63) is 191 Å². The third-order valence-corrected chi connectivity index (χ3v) is 13.0. The normalized spacial score (nSPS) is 13.9. The van der Waals surface area contributed by atoms with Crippen LogP contribution in [0.3, 0.4) is 0 Å². The second kappa shape index (κ2) is 18.0. The van der Waals surface area contributed by atoms with Crippen molar-refractivity contribution >= 4 is 11.0 Å². The van der Waals surface area contributed by atoms with Crippen LogP contribution in [0.4, 0.5) is 0 Å². The highest BCUT2D eigenvalue weighted by atomic mass is 16.3. The van der Waals surface area contributed by atoms with Gasteiger partial charge in [-0.05, 0) is 164 Å². The van der Waals surface area contributed by atoms with Gasteiger partial charge in [-0.2, -0.15) is 0 Å². The van der Waals surface area contributed by atoms with Crippen molar-refractivity contribution in [2.75, 3.05) is 0 Å². The number of nitrogens with zero attached hydrogens (tertiary/aromatic N) is 3. The molecule has 0 amide bonds. The summed E-state index contributed by atoms with van der Waals surface area (Å²) in [4.78, 5) is 10.4. The molecule has 0 aliphatic rings. The Morgan fingerprint density at radius 3 is 1.84 bits per heavy atom. The van der Waals surface area contributed by atoms with Gasteiger partial charge < -0.3 is 5.11 Å². The van der Waals surface area contributed by atoms with E-state index in [-0.39, 0.29) is 16.7 Å². The summed E-state index contributed by atoms with van der Waals surface area (Å²) in [5.74, 6) is -2.22. The zero-order valence-electron chi connectivity index (χ0n) is 46.3. The molecule has 7 aromatic carbocycles. The summed E-state index contributed by atoms with van der Waals surface area (Å²) in [7, 11) is 0. The summed E-state index contributed by atoms with van der Waals surface area (Å²) in [6.45, 7) is 16.7. The zero-order chi connectivity index (χ0) is 52.6. The van der Waals surface area contributed by atoms with Crippen molar-refractivity contribution < 1.29 is 13.3 Å². The maximum atomic E-state index is 12.1. The average Bonchev–Trinajstić information content (AvgIpc) is 3.73. The molecule has 2 heterocycles. The highest BCUT2D eigenvalue weighted by Crippen LogP contribution is 2.43. The number of hydrogen-bond donors (Lipinski definition) is 1. The van der Waals surface area contributed by atoms with Crippen LogP contribution in [0.25, 0.3) is 83.9 Å². The van der Waals surface area contributed by atoms with Crippen LogP contribution >= 0.6 is 0 Å². The maximum absolute atomic E-state index is 12.1. The number of fused-ring (bicyclic) bond motifs is 1. The van der Waals surface area contributed by atoms with Crippen LogP contribution < -0.4 is 0 Å². The summed E-state index contributed by atoms with van der Waals surface area (Å²) >= 11 is 0. The van der Waals surface area contributed by atoms with Crippen LogP contribution in [0, 0.1) is 13.8 Å². The van der Waals surface area contributed by atoms with Gasteiger partial charge in [-0.15, -0.1) is 0 Å². The van der Waals surface area contributed by atoms with Gasteiger partial charge >= 0.3 is 0 Å². The number of phenolic OH excluding ortho intramolecular Hbond substituents is 1. The molecular formula is C63H63N3O. The van der Waals surface area contributed by atoms with Gasteiger partial charge in [-0.3, -0.25) is 9.55 Å². The van der Waals surface area contributed by atoms with Crippen molar-refractivity contribution in [3.63, 3.8) is 0 Å². The first-order valence-corrected chi connectivity index (χ1v) is 23.1. The van der Waals surface area contributed by atoms with E-state index in [2.05, 4.69) is 69.3 Å². The standard InChI is InChI=1S/C63H63N3O/c1-38(2)43-20-22-45(23-21-43)47-26-27-64-57(36-47)53-34-50(44-16-13-12-14-17-44)33-52(35-53)55-18-15-19-59-60(55)65-62(56-37-54(63(9,10)11)29-42(8)61(56)67)66(59)58-25-24-46(28-41(58)7)51-31-48(39(3)4)30-49(32-51)40(5)6/h12-40,67H,1-11H3/i7D3,38D,39D,40D. The predicted octanol–water partition coefficient (Wildman–Crippen LogP) is 17.4. The molecule has 0 fully saturated rings. The quantitative estimate of drug-likeness (QED) is 0.149. The third kappa shape index (κ3) is 8.98. The summed E-state index contributed by atoms with van der Waals surface area (Å²) in [5, 5.41) is 12.1. The molecule has 0 radical (unpaired) electrons. The van der Waals surface area contributed by atoms with Crippen molar-refractivity contribution in [1.82, 2.24) is 14.5 Å². The fraction of sp³-hybridized carbons (Fsp3) is 0.238. The van der Waals surface area contributed by atoms with Gasteiger partial charge in [-0.1, -0.05) is 159 Å². The molecule has 0 spiro atoms. The van der Waals surface area contributed by atoms with E-state index in [4.69, 9.17) is 18.2 Å². The van der Waals surface area contributed by atoms with E-state index in [9.17, 15) is 5.11 Å².